The van der Waals surface area contributed by atoms with Crippen molar-refractivity contribution in [3.8, 4) is 6.07 Å². The van der Waals surface area contributed by atoms with Gasteiger partial charge in [0.15, 0.2) is 0 Å². The Kier molecular flexibility index (Phi) is 8.73. The summed E-state index contributed by atoms with van der Waals surface area (Å²) in [5, 5.41) is 13.1. The Labute approximate surface area is 129 Å². The highest BCUT2D eigenvalue weighted by molar-refractivity contribution is 5.31. The first kappa shape index (κ1) is 17.7. The lowest BCUT2D eigenvalue weighted by Gasteiger charge is -2.28. The third kappa shape index (κ3) is 5.87. The Balaban J connectivity index is 2.62. The molecule has 0 bridgehead atoms. The predicted molar refractivity (Wildman–Crippen MR) is 87.0 cm³/mol. The van der Waals surface area contributed by atoms with E-state index < -0.39 is 5.54 Å². The molecule has 0 spiro atoms. The van der Waals surface area contributed by atoms with Gasteiger partial charge in [-0.05, 0) is 24.9 Å². The van der Waals surface area contributed by atoms with Crippen LogP contribution in [0.2, 0.25) is 0 Å². The molecule has 1 N–H and O–H groups in total. The van der Waals surface area contributed by atoms with Crippen LogP contribution in [0.25, 0.3) is 0 Å². The molecule has 0 amide bonds. The van der Waals surface area contributed by atoms with E-state index in [1.807, 2.05) is 30.3 Å². The minimum atomic E-state index is -0.637. The first-order chi connectivity index (χ1) is 10.3. The number of rotatable bonds is 11. The largest absolute Gasteiger partial charge is 0.381 e. The van der Waals surface area contributed by atoms with Gasteiger partial charge in [0.1, 0.15) is 5.54 Å². The number of ether oxygens (including phenoxy) is 1. The van der Waals surface area contributed by atoms with E-state index in [0.717, 1.165) is 31.6 Å². The van der Waals surface area contributed by atoms with Crippen molar-refractivity contribution >= 4 is 0 Å². The van der Waals surface area contributed by atoms with Crippen molar-refractivity contribution in [3.63, 3.8) is 0 Å². The summed E-state index contributed by atoms with van der Waals surface area (Å²) >= 11 is 0. The fourth-order valence-electron chi connectivity index (χ4n) is 2.34. The topological polar surface area (TPSA) is 45.0 Å². The summed E-state index contributed by atoms with van der Waals surface area (Å²) in [6.45, 7) is 6.53. The molecule has 1 atom stereocenters. The second-order valence-corrected chi connectivity index (χ2v) is 5.38. The molecule has 1 aromatic carbocycles. The summed E-state index contributed by atoms with van der Waals surface area (Å²) < 4.78 is 5.70. The molecule has 0 fully saturated rings. The molecule has 0 aliphatic rings. The highest BCUT2D eigenvalue weighted by Gasteiger charge is 2.31. The maximum atomic E-state index is 9.73. The third-order valence-corrected chi connectivity index (χ3v) is 3.65. The predicted octanol–water partition coefficient (Wildman–Crippen LogP) is 4.00. The van der Waals surface area contributed by atoms with Crippen molar-refractivity contribution in [3.05, 3.63) is 35.9 Å². The normalized spacial score (nSPS) is 13.6. The highest BCUT2D eigenvalue weighted by Crippen LogP contribution is 2.24. The van der Waals surface area contributed by atoms with Crippen LogP contribution >= 0.6 is 0 Å². The van der Waals surface area contributed by atoms with E-state index in [1.54, 1.807) is 0 Å². The SMILES string of the molecule is CCCCCOCCC(C#N)(NCCC)c1ccccc1. The van der Waals surface area contributed by atoms with Gasteiger partial charge in [0.2, 0.25) is 0 Å². The van der Waals surface area contributed by atoms with Crippen LogP contribution in [0.1, 0.15) is 51.5 Å². The van der Waals surface area contributed by atoms with Crippen LogP contribution < -0.4 is 5.32 Å². The van der Waals surface area contributed by atoms with Gasteiger partial charge in [0, 0.05) is 19.6 Å². The molecule has 0 aromatic heterocycles. The van der Waals surface area contributed by atoms with Crippen LogP contribution in [-0.4, -0.2) is 19.8 Å². The van der Waals surface area contributed by atoms with Crippen LogP contribution in [-0.2, 0) is 10.3 Å². The lowest BCUT2D eigenvalue weighted by molar-refractivity contribution is 0.112. The molecular formula is C18H28N2O. The van der Waals surface area contributed by atoms with Crippen LogP contribution in [0.3, 0.4) is 0 Å². The van der Waals surface area contributed by atoms with E-state index in [-0.39, 0.29) is 0 Å². The summed E-state index contributed by atoms with van der Waals surface area (Å²) in [7, 11) is 0. The van der Waals surface area contributed by atoms with Crippen molar-refractivity contribution in [1.29, 1.82) is 5.26 Å². The molecule has 3 nitrogen and oxygen atoms in total. The molecule has 1 rings (SSSR count). The Morgan fingerprint density at radius 2 is 1.86 bits per heavy atom. The number of nitrogens with zero attached hydrogens (tertiary/aromatic N) is 1. The second-order valence-electron chi connectivity index (χ2n) is 5.38. The Morgan fingerprint density at radius 1 is 1.10 bits per heavy atom. The molecule has 0 saturated heterocycles. The number of nitrogens with one attached hydrogen (secondary N) is 1. The quantitative estimate of drug-likeness (QED) is 0.626. The van der Waals surface area contributed by atoms with Crippen molar-refractivity contribution < 1.29 is 4.74 Å². The molecule has 3 heteroatoms. The van der Waals surface area contributed by atoms with E-state index in [9.17, 15) is 5.26 Å². The van der Waals surface area contributed by atoms with Crippen molar-refractivity contribution in [2.45, 2.75) is 51.5 Å². The Morgan fingerprint density at radius 3 is 2.48 bits per heavy atom. The maximum Gasteiger partial charge on any atom is 0.134 e. The molecule has 1 unspecified atom stereocenters. The Hall–Kier alpha value is -1.37. The summed E-state index contributed by atoms with van der Waals surface area (Å²) in [6.07, 6.45) is 5.20. The second kappa shape index (κ2) is 10.4. The molecule has 0 radical (unpaired) electrons. The highest BCUT2D eigenvalue weighted by atomic mass is 16.5. The molecule has 0 saturated carbocycles. The Bertz CT molecular complexity index is 413. The summed E-state index contributed by atoms with van der Waals surface area (Å²) in [5.41, 5.74) is 0.389. The first-order valence-electron chi connectivity index (χ1n) is 8.08. The monoisotopic (exact) mass is 288 g/mol. The van der Waals surface area contributed by atoms with Crippen molar-refractivity contribution in [1.82, 2.24) is 5.32 Å². The summed E-state index contributed by atoms with van der Waals surface area (Å²) in [6, 6.07) is 12.5. The van der Waals surface area contributed by atoms with E-state index in [0.29, 0.717) is 13.0 Å². The van der Waals surface area contributed by atoms with Crippen molar-refractivity contribution in [2.24, 2.45) is 0 Å². The number of hydrogen-bond acceptors (Lipinski definition) is 3. The van der Waals surface area contributed by atoms with E-state index in [2.05, 4.69) is 25.2 Å². The molecule has 1 aromatic rings. The van der Waals surface area contributed by atoms with Crippen LogP contribution in [0, 0.1) is 11.3 Å². The maximum absolute atomic E-state index is 9.73. The van der Waals surface area contributed by atoms with Crippen LogP contribution in [0.15, 0.2) is 30.3 Å². The van der Waals surface area contributed by atoms with Gasteiger partial charge in [-0.2, -0.15) is 5.26 Å². The average Bonchev–Trinajstić information content (AvgIpc) is 2.55. The van der Waals surface area contributed by atoms with Gasteiger partial charge in [-0.25, -0.2) is 0 Å². The fourth-order valence-corrected chi connectivity index (χ4v) is 2.34. The van der Waals surface area contributed by atoms with Gasteiger partial charge in [-0.3, -0.25) is 5.32 Å². The standard InChI is InChI=1S/C18H28N2O/c1-3-5-9-14-21-15-12-18(16-19,20-13-4-2)17-10-7-6-8-11-17/h6-8,10-11,20H,3-5,9,12-15H2,1-2H3. The number of benzene rings is 1. The number of nitriles is 1. The lowest BCUT2D eigenvalue weighted by Crippen LogP contribution is -2.42. The number of hydrogen-bond donors (Lipinski definition) is 1. The zero-order chi connectivity index (χ0) is 15.4. The van der Waals surface area contributed by atoms with E-state index >= 15 is 0 Å². The van der Waals surface area contributed by atoms with Gasteiger partial charge < -0.3 is 4.74 Å². The van der Waals surface area contributed by atoms with Crippen LogP contribution in [0.4, 0.5) is 0 Å². The first-order valence-corrected chi connectivity index (χ1v) is 8.08. The molecule has 0 aliphatic heterocycles. The smallest absolute Gasteiger partial charge is 0.134 e. The molecule has 0 heterocycles. The zero-order valence-electron chi connectivity index (χ0n) is 13.4. The van der Waals surface area contributed by atoms with Crippen LogP contribution in [0.5, 0.6) is 0 Å². The zero-order valence-corrected chi connectivity index (χ0v) is 13.4. The summed E-state index contributed by atoms with van der Waals surface area (Å²) in [4.78, 5) is 0. The van der Waals surface area contributed by atoms with Crippen molar-refractivity contribution in [2.75, 3.05) is 19.8 Å². The number of unbranched alkanes of at least 4 members (excludes halogenated alkanes) is 2. The van der Waals surface area contributed by atoms with Gasteiger partial charge in [-0.1, -0.05) is 57.0 Å². The average molecular weight is 288 g/mol. The third-order valence-electron chi connectivity index (χ3n) is 3.65. The molecule has 116 valence electrons. The fraction of sp³-hybridized carbons (Fsp3) is 0.611. The molecular weight excluding hydrogens is 260 g/mol. The van der Waals surface area contributed by atoms with E-state index in [4.69, 9.17) is 4.74 Å². The van der Waals surface area contributed by atoms with Gasteiger partial charge in [0.05, 0.1) is 6.07 Å². The lowest BCUT2D eigenvalue weighted by atomic mass is 9.88. The minimum absolute atomic E-state index is 0.614. The minimum Gasteiger partial charge on any atom is -0.381 e. The molecule has 21 heavy (non-hydrogen) atoms. The molecule has 0 aliphatic carbocycles. The van der Waals surface area contributed by atoms with Gasteiger partial charge in [0.25, 0.3) is 0 Å². The van der Waals surface area contributed by atoms with Gasteiger partial charge >= 0.3 is 0 Å². The van der Waals surface area contributed by atoms with Gasteiger partial charge in [-0.15, -0.1) is 0 Å². The summed E-state index contributed by atoms with van der Waals surface area (Å²) in [5.74, 6) is 0. The van der Waals surface area contributed by atoms with E-state index in [1.165, 1.54) is 12.8 Å².